The van der Waals surface area contributed by atoms with Crippen LogP contribution in [0.1, 0.15) is 44.0 Å². The van der Waals surface area contributed by atoms with E-state index >= 15 is 0 Å². The summed E-state index contributed by atoms with van der Waals surface area (Å²) in [6.45, 7) is 8.51. The van der Waals surface area contributed by atoms with Crippen molar-refractivity contribution in [2.45, 2.75) is 51.1 Å². The van der Waals surface area contributed by atoms with Crippen molar-refractivity contribution in [2.24, 2.45) is 0 Å². The first-order valence-electron chi connectivity index (χ1n) is 8.33. The second-order valence-electron chi connectivity index (χ2n) is 7.35. The molecule has 0 aliphatic carbocycles. The minimum absolute atomic E-state index is 0.0213. The zero-order valence-corrected chi connectivity index (χ0v) is 16.3. The first kappa shape index (κ1) is 19.5. The van der Waals surface area contributed by atoms with Crippen LogP contribution in [0.15, 0.2) is 29.4 Å². The van der Waals surface area contributed by atoms with Crippen LogP contribution in [0.2, 0.25) is 0 Å². The Kier molecular flexibility index (Phi) is 5.64. The smallest absolute Gasteiger partial charge is 0.247 e. The zero-order chi connectivity index (χ0) is 18.8. The minimum Gasteiger partial charge on any atom is -0.396 e. The quantitative estimate of drug-likeness (QED) is 0.827. The lowest BCUT2D eigenvalue weighted by atomic mass is 9.82. The molecule has 25 heavy (non-hydrogen) atoms. The number of aliphatic hydroxyl groups excluding tert-OH is 1. The lowest BCUT2D eigenvalue weighted by molar-refractivity contribution is 0.288. The summed E-state index contributed by atoms with van der Waals surface area (Å²) in [6.07, 6.45) is 2.15. The third-order valence-electron chi connectivity index (χ3n) is 4.10. The summed E-state index contributed by atoms with van der Waals surface area (Å²) in [5.41, 5.74) is 4.40. The van der Waals surface area contributed by atoms with Crippen molar-refractivity contribution in [3.8, 4) is 11.3 Å². The monoisotopic (exact) mass is 362 g/mol. The molecule has 0 radical (unpaired) electrons. The molecule has 0 unspecified atom stereocenters. The van der Waals surface area contributed by atoms with Crippen molar-refractivity contribution in [3.63, 3.8) is 0 Å². The van der Waals surface area contributed by atoms with Gasteiger partial charge in [-0.3, -0.25) is 0 Å². The lowest BCUT2D eigenvalue weighted by Gasteiger charge is -2.23. The Balaban J connectivity index is 2.66. The molecular formula is C19H26N2O3S. The molecule has 0 aliphatic heterocycles. The molecule has 1 aromatic heterocycles. The van der Waals surface area contributed by atoms with Gasteiger partial charge in [0.1, 0.15) is 0 Å². The molecule has 1 N–H and O–H groups in total. The van der Waals surface area contributed by atoms with E-state index in [0.29, 0.717) is 24.2 Å². The number of rotatable bonds is 5. The molecule has 1 heterocycles. The average Bonchev–Trinajstić information content (AvgIpc) is 2.51. The van der Waals surface area contributed by atoms with Crippen molar-refractivity contribution in [1.82, 2.24) is 9.97 Å². The highest BCUT2D eigenvalue weighted by atomic mass is 32.2. The van der Waals surface area contributed by atoms with Gasteiger partial charge in [-0.2, -0.15) is 0 Å². The van der Waals surface area contributed by atoms with Gasteiger partial charge in [-0.1, -0.05) is 39.0 Å². The molecule has 0 aliphatic rings. The summed E-state index contributed by atoms with van der Waals surface area (Å²) in [6, 6.07) is 7.83. The molecule has 136 valence electrons. The number of hydrogen-bond donors (Lipinski definition) is 1. The Morgan fingerprint density at radius 1 is 1.16 bits per heavy atom. The summed E-state index contributed by atoms with van der Waals surface area (Å²) < 4.78 is 24.0. The summed E-state index contributed by atoms with van der Waals surface area (Å²) in [5.74, 6) is 0. The molecule has 0 fully saturated rings. The number of benzene rings is 1. The van der Waals surface area contributed by atoms with E-state index in [0.717, 1.165) is 17.4 Å². The van der Waals surface area contributed by atoms with Crippen molar-refractivity contribution in [3.05, 3.63) is 41.1 Å². The van der Waals surface area contributed by atoms with Gasteiger partial charge in [-0.15, -0.1) is 0 Å². The van der Waals surface area contributed by atoms with E-state index in [4.69, 9.17) is 5.11 Å². The van der Waals surface area contributed by atoms with Crippen molar-refractivity contribution >= 4 is 9.84 Å². The Morgan fingerprint density at radius 2 is 1.84 bits per heavy atom. The highest BCUT2D eigenvalue weighted by Gasteiger charge is 2.20. The topological polar surface area (TPSA) is 80.2 Å². The second-order valence-corrected chi connectivity index (χ2v) is 9.26. The van der Waals surface area contributed by atoms with Gasteiger partial charge in [-0.05, 0) is 42.4 Å². The number of hydrogen-bond acceptors (Lipinski definition) is 5. The lowest BCUT2D eigenvalue weighted by Crippen LogP contribution is -2.14. The molecule has 0 saturated carbocycles. The van der Waals surface area contributed by atoms with Gasteiger partial charge in [0, 0.05) is 24.1 Å². The van der Waals surface area contributed by atoms with E-state index in [2.05, 4.69) is 36.8 Å². The second kappa shape index (κ2) is 7.22. The Labute approximate surface area is 150 Å². The third kappa shape index (κ3) is 4.64. The molecule has 1 aromatic carbocycles. The van der Waals surface area contributed by atoms with Crippen LogP contribution in [-0.2, 0) is 21.7 Å². The molecule has 0 saturated heterocycles. The highest BCUT2D eigenvalue weighted by molar-refractivity contribution is 7.90. The largest absolute Gasteiger partial charge is 0.396 e. The summed E-state index contributed by atoms with van der Waals surface area (Å²) >= 11 is 0. The number of aromatic nitrogens is 2. The number of nitrogens with zero attached hydrogens (tertiary/aromatic N) is 2. The zero-order valence-electron chi connectivity index (χ0n) is 15.5. The van der Waals surface area contributed by atoms with E-state index in [9.17, 15) is 8.42 Å². The molecular weight excluding hydrogens is 336 g/mol. The SMILES string of the molecule is Cc1c(-c2cc(CCCO)nc(S(C)(=O)=O)n2)cccc1C(C)(C)C. The maximum atomic E-state index is 12.0. The molecule has 0 spiro atoms. The summed E-state index contributed by atoms with van der Waals surface area (Å²) in [5, 5.41) is 8.88. The van der Waals surface area contributed by atoms with E-state index in [-0.39, 0.29) is 17.2 Å². The fourth-order valence-corrected chi connectivity index (χ4v) is 3.44. The van der Waals surface area contributed by atoms with Crippen LogP contribution in [0, 0.1) is 6.92 Å². The van der Waals surface area contributed by atoms with Crippen LogP contribution in [0.3, 0.4) is 0 Å². The molecule has 5 nitrogen and oxygen atoms in total. The van der Waals surface area contributed by atoms with Crippen molar-refractivity contribution in [2.75, 3.05) is 12.9 Å². The first-order chi connectivity index (χ1) is 11.5. The maximum absolute atomic E-state index is 12.0. The molecule has 0 bridgehead atoms. The molecule has 0 amide bonds. The molecule has 2 rings (SSSR count). The van der Waals surface area contributed by atoms with Gasteiger partial charge in [0.2, 0.25) is 15.0 Å². The van der Waals surface area contributed by atoms with E-state index < -0.39 is 9.84 Å². The van der Waals surface area contributed by atoms with E-state index in [1.165, 1.54) is 5.56 Å². The predicted octanol–water partition coefficient (Wildman–Crippen LogP) is 3.08. The van der Waals surface area contributed by atoms with Gasteiger partial charge in [0.25, 0.3) is 0 Å². The van der Waals surface area contributed by atoms with Gasteiger partial charge < -0.3 is 5.11 Å². The van der Waals surface area contributed by atoms with Gasteiger partial charge >= 0.3 is 0 Å². The standard InChI is InChI=1S/C19H26N2O3S/c1-13-15(9-6-10-16(13)19(2,3)4)17-12-14(8-7-11-22)20-18(21-17)25(5,23)24/h6,9-10,12,22H,7-8,11H2,1-5H3. The van der Waals surface area contributed by atoms with Crippen LogP contribution >= 0.6 is 0 Å². The number of aryl methyl sites for hydroxylation is 1. The van der Waals surface area contributed by atoms with Crippen LogP contribution < -0.4 is 0 Å². The first-order valence-corrected chi connectivity index (χ1v) is 10.2. The Bertz CT molecular complexity index is 869. The van der Waals surface area contributed by atoms with Gasteiger partial charge in [0.15, 0.2) is 0 Å². The predicted molar refractivity (Wildman–Crippen MR) is 99.4 cm³/mol. The van der Waals surface area contributed by atoms with Crippen molar-refractivity contribution < 1.29 is 13.5 Å². The van der Waals surface area contributed by atoms with Crippen LogP contribution in [0.25, 0.3) is 11.3 Å². The Hall–Kier alpha value is -1.79. The fourth-order valence-electron chi connectivity index (χ4n) is 2.89. The van der Waals surface area contributed by atoms with Gasteiger partial charge in [-0.25, -0.2) is 18.4 Å². The fraction of sp³-hybridized carbons (Fsp3) is 0.474. The van der Waals surface area contributed by atoms with E-state index in [1.807, 2.05) is 25.1 Å². The van der Waals surface area contributed by atoms with Crippen LogP contribution in [0.5, 0.6) is 0 Å². The van der Waals surface area contributed by atoms with E-state index in [1.54, 1.807) is 0 Å². The number of sulfone groups is 1. The van der Waals surface area contributed by atoms with Crippen LogP contribution in [-0.4, -0.2) is 36.4 Å². The maximum Gasteiger partial charge on any atom is 0.247 e. The highest BCUT2D eigenvalue weighted by Crippen LogP contribution is 2.32. The van der Waals surface area contributed by atoms with Gasteiger partial charge in [0.05, 0.1) is 5.69 Å². The van der Waals surface area contributed by atoms with Crippen LogP contribution in [0.4, 0.5) is 0 Å². The van der Waals surface area contributed by atoms with Crippen molar-refractivity contribution in [1.29, 1.82) is 0 Å². The summed E-state index contributed by atoms with van der Waals surface area (Å²) in [4.78, 5) is 8.46. The summed E-state index contributed by atoms with van der Waals surface area (Å²) in [7, 11) is -3.52. The molecule has 6 heteroatoms. The normalized spacial score (nSPS) is 12.4. The molecule has 0 atom stereocenters. The molecule has 2 aromatic rings. The number of aliphatic hydroxyl groups is 1. The minimum atomic E-state index is -3.52. The third-order valence-corrected chi connectivity index (χ3v) is 4.94. The Morgan fingerprint density at radius 3 is 2.40 bits per heavy atom. The average molecular weight is 362 g/mol.